The van der Waals surface area contributed by atoms with Crippen molar-refractivity contribution in [1.29, 1.82) is 5.26 Å². The zero-order valence-electron chi connectivity index (χ0n) is 11.5. The maximum Gasteiger partial charge on any atom is 0.142 e. The Morgan fingerprint density at radius 1 is 0.952 bits per heavy atom. The van der Waals surface area contributed by atoms with E-state index in [1.807, 2.05) is 24.3 Å². The van der Waals surface area contributed by atoms with Gasteiger partial charge < -0.3 is 9.80 Å². The molecule has 1 saturated heterocycles. The fourth-order valence-corrected chi connectivity index (χ4v) is 2.55. The SMILES string of the molecule is N#Cc1cc(N2CCN(c3ccc(F)cc3)CC2)ccn1. The van der Waals surface area contributed by atoms with Crippen LogP contribution in [0.4, 0.5) is 15.8 Å². The first-order chi connectivity index (χ1) is 10.3. The van der Waals surface area contributed by atoms with Crippen LogP contribution in [0.1, 0.15) is 5.69 Å². The Labute approximate surface area is 123 Å². The molecule has 2 heterocycles. The number of nitriles is 1. The average Bonchev–Trinajstić information content (AvgIpc) is 2.56. The summed E-state index contributed by atoms with van der Waals surface area (Å²) in [6.45, 7) is 3.48. The Bertz CT molecular complexity index is 655. The van der Waals surface area contributed by atoms with E-state index in [1.54, 1.807) is 6.20 Å². The topological polar surface area (TPSA) is 43.2 Å². The second kappa shape index (κ2) is 5.80. The van der Waals surface area contributed by atoms with E-state index in [-0.39, 0.29) is 5.82 Å². The molecule has 21 heavy (non-hydrogen) atoms. The van der Waals surface area contributed by atoms with Crippen molar-refractivity contribution in [3.8, 4) is 6.07 Å². The van der Waals surface area contributed by atoms with Crippen LogP contribution in [-0.2, 0) is 0 Å². The summed E-state index contributed by atoms with van der Waals surface area (Å²) in [5.74, 6) is -0.210. The summed E-state index contributed by atoms with van der Waals surface area (Å²) in [6, 6.07) is 12.4. The summed E-state index contributed by atoms with van der Waals surface area (Å²) in [6.07, 6.45) is 1.67. The van der Waals surface area contributed by atoms with E-state index < -0.39 is 0 Å². The fraction of sp³-hybridized carbons (Fsp3) is 0.250. The van der Waals surface area contributed by atoms with Crippen LogP contribution in [0.3, 0.4) is 0 Å². The molecule has 1 fully saturated rings. The molecule has 0 atom stereocenters. The van der Waals surface area contributed by atoms with Gasteiger partial charge in [0.15, 0.2) is 0 Å². The molecule has 1 aliphatic heterocycles. The van der Waals surface area contributed by atoms with E-state index in [0.717, 1.165) is 37.6 Å². The molecule has 1 aromatic carbocycles. The lowest BCUT2D eigenvalue weighted by Crippen LogP contribution is -2.46. The molecule has 5 heteroatoms. The number of aromatic nitrogens is 1. The van der Waals surface area contributed by atoms with E-state index in [1.165, 1.54) is 12.1 Å². The van der Waals surface area contributed by atoms with Crippen LogP contribution in [-0.4, -0.2) is 31.2 Å². The predicted octanol–water partition coefficient (Wildman–Crippen LogP) is 2.42. The smallest absolute Gasteiger partial charge is 0.142 e. The lowest BCUT2D eigenvalue weighted by molar-refractivity contribution is 0.625. The first-order valence-corrected chi connectivity index (χ1v) is 6.88. The average molecular weight is 282 g/mol. The lowest BCUT2D eigenvalue weighted by Gasteiger charge is -2.37. The molecule has 2 aromatic rings. The molecule has 0 spiro atoms. The number of rotatable bonds is 2. The fourth-order valence-electron chi connectivity index (χ4n) is 2.55. The first-order valence-electron chi connectivity index (χ1n) is 6.88. The summed E-state index contributed by atoms with van der Waals surface area (Å²) >= 11 is 0. The van der Waals surface area contributed by atoms with Crippen LogP contribution in [0, 0.1) is 17.1 Å². The van der Waals surface area contributed by atoms with Crippen LogP contribution in [0.5, 0.6) is 0 Å². The van der Waals surface area contributed by atoms with Gasteiger partial charge in [0.2, 0.25) is 0 Å². The first kappa shape index (κ1) is 13.4. The molecule has 3 rings (SSSR count). The number of benzene rings is 1. The van der Waals surface area contributed by atoms with Gasteiger partial charge in [-0.3, -0.25) is 0 Å². The number of nitrogens with zero attached hydrogens (tertiary/aromatic N) is 4. The molecule has 106 valence electrons. The lowest BCUT2D eigenvalue weighted by atomic mass is 10.2. The highest BCUT2D eigenvalue weighted by Gasteiger charge is 2.17. The van der Waals surface area contributed by atoms with E-state index in [2.05, 4.69) is 20.9 Å². The van der Waals surface area contributed by atoms with Crippen LogP contribution < -0.4 is 9.80 Å². The Morgan fingerprint density at radius 2 is 1.57 bits per heavy atom. The number of pyridine rings is 1. The summed E-state index contributed by atoms with van der Waals surface area (Å²) in [4.78, 5) is 8.47. The third-order valence-electron chi connectivity index (χ3n) is 3.69. The monoisotopic (exact) mass is 282 g/mol. The number of halogens is 1. The van der Waals surface area contributed by atoms with Crippen molar-refractivity contribution in [3.63, 3.8) is 0 Å². The van der Waals surface area contributed by atoms with Crippen molar-refractivity contribution < 1.29 is 4.39 Å². The molecule has 4 nitrogen and oxygen atoms in total. The normalized spacial score (nSPS) is 14.9. The molecule has 0 aliphatic carbocycles. The van der Waals surface area contributed by atoms with Gasteiger partial charge in [-0.2, -0.15) is 5.26 Å². The molecule has 0 bridgehead atoms. The third-order valence-corrected chi connectivity index (χ3v) is 3.69. The Morgan fingerprint density at radius 3 is 2.19 bits per heavy atom. The Balaban J connectivity index is 1.67. The van der Waals surface area contributed by atoms with Gasteiger partial charge >= 0.3 is 0 Å². The van der Waals surface area contributed by atoms with Gasteiger partial charge in [-0.05, 0) is 36.4 Å². The minimum absolute atomic E-state index is 0.210. The molecule has 1 aliphatic rings. The van der Waals surface area contributed by atoms with Crippen LogP contribution >= 0.6 is 0 Å². The highest BCUT2D eigenvalue weighted by Crippen LogP contribution is 2.20. The Kier molecular flexibility index (Phi) is 3.69. The Hall–Kier alpha value is -2.61. The minimum Gasteiger partial charge on any atom is -0.368 e. The van der Waals surface area contributed by atoms with E-state index >= 15 is 0 Å². The van der Waals surface area contributed by atoms with Crippen molar-refractivity contribution in [2.75, 3.05) is 36.0 Å². The molecular weight excluding hydrogens is 267 g/mol. The number of hydrogen-bond donors (Lipinski definition) is 0. The van der Waals surface area contributed by atoms with Crippen molar-refractivity contribution >= 4 is 11.4 Å². The summed E-state index contributed by atoms with van der Waals surface area (Å²) in [5, 5.41) is 8.90. The number of piperazine rings is 1. The highest BCUT2D eigenvalue weighted by atomic mass is 19.1. The van der Waals surface area contributed by atoms with Crippen LogP contribution in [0.15, 0.2) is 42.6 Å². The standard InChI is InChI=1S/C16H15FN4/c17-13-1-3-15(4-2-13)20-7-9-21(10-8-20)16-5-6-19-14(11-16)12-18/h1-6,11H,7-10H2. The van der Waals surface area contributed by atoms with Gasteiger partial charge in [0.1, 0.15) is 17.6 Å². The van der Waals surface area contributed by atoms with Crippen molar-refractivity contribution in [3.05, 3.63) is 54.1 Å². The van der Waals surface area contributed by atoms with Gasteiger partial charge in [-0.1, -0.05) is 0 Å². The van der Waals surface area contributed by atoms with Gasteiger partial charge in [-0.15, -0.1) is 0 Å². The molecule has 0 saturated carbocycles. The quantitative estimate of drug-likeness (QED) is 0.848. The second-order valence-electron chi connectivity index (χ2n) is 4.96. The zero-order chi connectivity index (χ0) is 14.7. The van der Waals surface area contributed by atoms with Crippen molar-refractivity contribution in [2.24, 2.45) is 0 Å². The van der Waals surface area contributed by atoms with Gasteiger partial charge in [0.25, 0.3) is 0 Å². The molecule has 0 radical (unpaired) electrons. The summed E-state index contributed by atoms with van der Waals surface area (Å²) < 4.78 is 12.9. The molecule has 0 N–H and O–H groups in total. The number of anilines is 2. The molecule has 0 unspecified atom stereocenters. The highest BCUT2D eigenvalue weighted by molar-refractivity contribution is 5.52. The maximum atomic E-state index is 12.9. The maximum absolute atomic E-state index is 12.9. The largest absolute Gasteiger partial charge is 0.368 e. The van der Waals surface area contributed by atoms with E-state index in [9.17, 15) is 4.39 Å². The summed E-state index contributed by atoms with van der Waals surface area (Å²) in [5.41, 5.74) is 2.51. The van der Waals surface area contributed by atoms with Gasteiger partial charge in [0, 0.05) is 43.8 Å². The van der Waals surface area contributed by atoms with Crippen molar-refractivity contribution in [2.45, 2.75) is 0 Å². The summed E-state index contributed by atoms with van der Waals surface area (Å²) in [7, 11) is 0. The third kappa shape index (κ3) is 2.95. The molecule has 0 amide bonds. The predicted molar refractivity (Wildman–Crippen MR) is 79.8 cm³/mol. The van der Waals surface area contributed by atoms with Gasteiger partial charge in [-0.25, -0.2) is 9.37 Å². The molecule has 1 aromatic heterocycles. The van der Waals surface area contributed by atoms with Crippen molar-refractivity contribution in [1.82, 2.24) is 4.98 Å². The number of hydrogen-bond acceptors (Lipinski definition) is 4. The van der Waals surface area contributed by atoms with Gasteiger partial charge in [0.05, 0.1) is 0 Å². The van der Waals surface area contributed by atoms with Crippen LogP contribution in [0.25, 0.3) is 0 Å². The van der Waals surface area contributed by atoms with Crippen LogP contribution in [0.2, 0.25) is 0 Å². The molecular formula is C16H15FN4. The zero-order valence-corrected chi connectivity index (χ0v) is 11.5. The minimum atomic E-state index is -0.210. The second-order valence-corrected chi connectivity index (χ2v) is 4.96. The van der Waals surface area contributed by atoms with E-state index in [4.69, 9.17) is 5.26 Å². The van der Waals surface area contributed by atoms with E-state index in [0.29, 0.717) is 5.69 Å².